The number of amides is 1. The number of ether oxygens (including phenoxy) is 1. The van der Waals surface area contributed by atoms with Crippen molar-refractivity contribution in [1.82, 2.24) is 10.3 Å². The molecule has 0 aliphatic rings. The number of aromatic nitrogens is 1. The Morgan fingerprint density at radius 1 is 0.966 bits per heavy atom. The monoisotopic (exact) mass is 384 g/mol. The Hall–Kier alpha value is -3.86. The molecular weight excluding hydrogens is 364 g/mol. The van der Waals surface area contributed by atoms with Crippen molar-refractivity contribution in [3.05, 3.63) is 102 Å². The third-order valence-electron chi connectivity index (χ3n) is 4.85. The molecule has 5 heteroatoms. The van der Waals surface area contributed by atoms with Crippen molar-refractivity contribution in [3.63, 3.8) is 0 Å². The van der Waals surface area contributed by atoms with Crippen LogP contribution >= 0.6 is 0 Å². The van der Waals surface area contributed by atoms with Crippen molar-refractivity contribution >= 4 is 16.8 Å². The number of aromatic hydroxyl groups is 1. The molecule has 1 unspecified atom stereocenters. The smallest absolute Gasteiger partial charge is 0.252 e. The molecule has 4 aromatic rings. The maximum atomic E-state index is 12.9. The molecule has 144 valence electrons. The van der Waals surface area contributed by atoms with E-state index in [0.29, 0.717) is 22.4 Å². The molecule has 0 bridgehead atoms. The molecule has 1 heterocycles. The summed E-state index contributed by atoms with van der Waals surface area (Å²) < 4.78 is 5.15. The zero-order valence-corrected chi connectivity index (χ0v) is 15.9. The summed E-state index contributed by atoms with van der Waals surface area (Å²) in [7, 11) is 1.58. The summed E-state index contributed by atoms with van der Waals surface area (Å²) in [5.41, 5.74) is 2.46. The van der Waals surface area contributed by atoms with E-state index in [4.69, 9.17) is 4.74 Å². The number of hydrogen-bond acceptors (Lipinski definition) is 4. The lowest BCUT2D eigenvalue weighted by atomic mass is 9.96. The van der Waals surface area contributed by atoms with Crippen molar-refractivity contribution in [2.75, 3.05) is 7.11 Å². The van der Waals surface area contributed by atoms with Crippen molar-refractivity contribution in [3.8, 4) is 11.5 Å². The van der Waals surface area contributed by atoms with Gasteiger partial charge in [0.2, 0.25) is 0 Å². The highest BCUT2D eigenvalue weighted by Crippen LogP contribution is 2.34. The Morgan fingerprint density at radius 2 is 1.72 bits per heavy atom. The van der Waals surface area contributed by atoms with Crippen LogP contribution in [0.1, 0.15) is 27.5 Å². The predicted molar refractivity (Wildman–Crippen MR) is 112 cm³/mol. The lowest BCUT2D eigenvalue weighted by molar-refractivity contribution is 0.0942. The molecule has 1 aromatic heterocycles. The first-order valence-corrected chi connectivity index (χ1v) is 9.24. The molecule has 0 fully saturated rings. The Balaban J connectivity index is 1.75. The number of pyridine rings is 1. The minimum absolute atomic E-state index is 0.0620. The molecule has 0 aliphatic carbocycles. The number of nitrogens with zero attached hydrogens (tertiary/aromatic N) is 1. The molecule has 0 aliphatic heterocycles. The van der Waals surface area contributed by atoms with Crippen molar-refractivity contribution in [2.24, 2.45) is 0 Å². The first-order valence-electron chi connectivity index (χ1n) is 9.24. The van der Waals surface area contributed by atoms with Gasteiger partial charge in [0.05, 0.1) is 13.2 Å². The van der Waals surface area contributed by atoms with Crippen molar-refractivity contribution < 1.29 is 14.6 Å². The molecule has 29 heavy (non-hydrogen) atoms. The molecule has 5 nitrogen and oxygen atoms in total. The van der Waals surface area contributed by atoms with Gasteiger partial charge in [-0.05, 0) is 35.9 Å². The van der Waals surface area contributed by atoms with Crippen LogP contribution in [0.4, 0.5) is 0 Å². The lowest BCUT2D eigenvalue weighted by Gasteiger charge is -2.21. The molecule has 3 aromatic carbocycles. The van der Waals surface area contributed by atoms with Crippen LogP contribution in [0.25, 0.3) is 10.9 Å². The molecule has 4 rings (SSSR count). The highest BCUT2D eigenvalue weighted by molar-refractivity contribution is 5.95. The average Bonchev–Trinajstić information content (AvgIpc) is 2.79. The summed E-state index contributed by atoms with van der Waals surface area (Å²) >= 11 is 0. The Bertz CT molecular complexity index is 1140. The van der Waals surface area contributed by atoms with E-state index in [1.165, 1.54) is 0 Å². The summed E-state index contributed by atoms with van der Waals surface area (Å²) in [6.45, 7) is 0. The fraction of sp³-hybridized carbons (Fsp3) is 0.0833. The number of fused-ring (bicyclic) bond motifs is 1. The van der Waals surface area contributed by atoms with E-state index in [9.17, 15) is 9.90 Å². The normalized spacial score (nSPS) is 11.8. The van der Waals surface area contributed by atoms with Gasteiger partial charge in [0.1, 0.15) is 17.0 Å². The summed E-state index contributed by atoms with van der Waals surface area (Å²) in [6.07, 6.45) is 1.64. The number of phenols is 1. The van der Waals surface area contributed by atoms with E-state index < -0.39 is 6.04 Å². The molecule has 1 atom stereocenters. The minimum Gasteiger partial charge on any atom is -0.505 e. The standard InChI is InChI=1S/C24H20N2O3/c1-29-19-12-9-18(10-13-19)24(28)26-21(16-6-3-2-4-7-16)20-14-11-17-8-5-15-25-22(17)23(20)27/h2-15,21,27H,1H3,(H,26,28). The Kier molecular flexibility index (Phi) is 5.12. The van der Waals surface area contributed by atoms with Crippen LogP contribution in [0.2, 0.25) is 0 Å². The highest BCUT2D eigenvalue weighted by Gasteiger charge is 2.22. The zero-order valence-electron chi connectivity index (χ0n) is 15.9. The molecule has 0 spiro atoms. The van der Waals surface area contributed by atoms with E-state index >= 15 is 0 Å². The Morgan fingerprint density at radius 3 is 2.45 bits per heavy atom. The van der Waals surface area contributed by atoms with E-state index in [-0.39, 0.29) is 11.7 Å². The summed E-state index contributed by atoms with van der Waals surface area (Å²) in [4.78, 5) is 17.2. The largest absolute Gasteiger partial charge is 0.505 e. The van der Waals surface area contributed by atoms with Crippen LogP contribution in [0.3, 0.4) is 0 Å². The molecule has 0 saturated heterocycles. The number of rotatable bonds is 5. The second-order valence-electron chi connectivity index (χ2n) is 6.62. The van der Waals surface area contributed by atoms with Gasteiger partial charge in [-0.1, -0.05) is 48.5 Å². The number of carbonyl (C=O) groups is 1. The van der Waals surface area contributed by atoms with Gasteiger partial charge in [0.25, 0.3) is 5.91 Å². The van der Waals surface area contributed by atoms with Gasteiger partial charge in [-0.15, -0.1) is 0 Å². The summed E-state index contributed by atoms with van der Waals surface area (Å²) in [5.74, 6) is 0.494. The van der Waals surface area contributed by atoms with Gasteiger partial charge in [-0.3, -0.25) is 9.78 Å². The van der Waals surface area contributed by atoms with E-state index in [0.717, 1.165) is 10.9 Å². The quantitative estimate of drug-likeness (QED) is 0.533. The van der Waals surface area contributed by atoms with Gasteiger partial charge in [-0.2, -0.15) is 0 Å². The van der Waals surface area contributed by atoms with Gasteiger partial charge < -0.3 is 15.2 Å². The SMILES string of the molecule is COc1ccc(C(=O)NC(c2ccccc2)c2ccc3cccnc3c2O)cc1. The van der Waals surface area contributed by atoms with E-state index in [1.54, 1.807) is 37.6 Å². The van der Waals surface area contributed by atoms with Crippen LogP contribution in [-0.4, -0.2) is 23.1 Å². The fourth-order valence-electron chi connectivity index (χ4n) is 3.32. The van der Waals surface area contributed by atoms with Crippen molar-refractivity contribution in [2.45, 2.75) is 6.04 Å². The van der Waals surface area contributed by atoms with E-state index in [2.05, 4.69) is 10.3 Å². The topological polar surface area (TPSA) is 71.5 Å². The lowest BCUT2D eigenvalue weighted by Crippen LogP contribution is -2.29. The molecule has 2 N–H and O–H groups in total. The number of methoxy groups -OCH3 is 1. The Labute approximate surface area is 168 Å². The maximum Gasteiger partial charge on any atom is 0.252 e. The molecule has 0 radical (unpaired) electrons. The zero-order chi connectivity index (χ0) is 20.2. The molecule has 0 saturated carbocycles. The van der Waals surface area contributed by atoms with Crippen LogP contribution in [0.15, 0.2) is 85.1 Å². The first-order chi connectivity index (χ1) is 14.2. The third kappa shape index (κ3) is 3.75. The number of nitrogens with one attached hydrogen (secondary N) is 1. The molecule has 1 amide bonds. The minimum atomic E-state index is -0.530. The average molecular weight is 384 g/mol. The molecular formula is C24H20N2O3. The maximum absolute atomic E-state index is 12.9. The van der Waals surface area contributed by atoms with Crippen LogP contribution < -0.4 is 10.1 Å². The van der Waals surface area contributed by atoms with Crippen LogP contribution in [0.5, 0.6) is 11.5 Å². The first kappa shape index (κ1) is 18.5. The second kappa shape index (κ2) is 8.02. The second-order valence-corrected chi connectivity index (χ2v) is 6.62. The van der Waals surface area contributed by atoms with Crippen molar-refractivity contribution in [1.29, 1.82) is 0 Å². The number of benzene rings is 3. The summed E-state index contributed by atoms with van der Waals surface area (Å²) in [5, 5.41) is 14.8. The van der Waals surface area contributed by atoms with Gasteiger partial charge >= 0.3 is 0 Å². The van der Waals surface area contributed by atoms with Crippen LogP contribution in [-0.2, 0) is 0 Å². The fourth-order valence-corrected chi connectivity index (χ4v) is 3.32. The van der Waals surface area contributed by atoms with Gasteiger partial charge in [0, 0.05) is 22.7 Å². The van der Waals surface area contributed by atoms with Gasteiger partial charge in [-0.25, -0.2) is 0 Å². The van der Waals surface area contributed by atoms with Gasteiger partial charge in [0.15, 0.2) is 0 Å². The predicted octanol–water partition coefficient (Wildman–Crippen LogP) is 4.47. The third-order valence-corrected chi connectivity index (χ3v) is 4.85. The number of carbonyl (C=O) groups excluding carboxylic acids is 1. The number of phenolic OH excluding ortho intramolecular Hbond substituents is 1. The number of hydrogen-bond donors (Lipinski definition) is 2. The summed E-state index contributed by atoms with van der Waals surface area (Å²) in [6, 6.07) is 23.3. The van der Waals surface area contributed by atoms with E-state index in [1.807, 2.05) is 54.6 Å². The van der Waals surface area contributed by atoms with Crippen LogP contribution in [0, 0.1) is 0 Å². The highest BCUT2D eigenvalue weighted by atomic mass is 16.5.